The summed E-state index contributed by atoms with van der Waals surface area (Å²) in [5.74, 6) is 1.37. The van der Waals surface area contributed by atoms with Crippen LogP contribution in [-0.2, 0) is 0 Å². The fourth-order valence-corrected chi connectivity index (χ4v) is 1.95. The SMILES string of the molecule is Cc1noc([C@@H]2CCCN2CCO)n1. The Labute approximate surface area is 82.7 Å². The van der Waals surface area contributed by atoms with Crippen LogP contribution in [0.3, 0.4) is 0 Å². The number of aliphatic hydroxyl groups excluding tert-OH is 1. The van der Waals surface area contributed by atoms with Gasteiger partial charge in [0.1, 0.15) is 0 Å². The van der Waals surface area contributed by atoms with Gasteiger partial charge in [0.2, 0.25) is 5.89 Å². The first kappa shape index (κ1) is 9.61. The van der Waals surface area contributed by atoms with E-state index >= 15 is 0 Å². The molecule has 1 saturated heterocycles. The highest BCUT2D eigenvalue weighted by atomic mass is 16.5. The summed E-state index contributed by atoms with van der Waals surface area (Å²) in [4.78, 5) is 6.41. The first-order valence-corrected chi connectivity index (χ1v) is 4.96. The second kappa shape index (κ2) is 4.06. The second-order valence-corrected chi connectivity index (χ2v) is 3.60. The molecule has 0 spiro atoms. The molecular weight excluding hydrogens is 182 g/mol. The number of aliphatic hydroxyl groups is 1. The minimum Gasteiger partial charge on any atom is -0.395 e. The molecule has 78 valence electrons. The molecule has 0 amide bonds. The highest BCUT2D eigenvalue weighted by molar-refractivity contribution is 4.95. The van der Waals surface area contributed by atoms with Gasteiger partial charge in [-0.25, -0.2) is 0 Å². The predicted octanol–water partition coefficient (Wildman–Crippen LogP) is 0.507. The molecule has 2 rings (SSSR count). The standard InChI is InChI=1S/C9H15N3O2/c1-7-10-9(14-11-7)8-3-2-4-12(8)5-6-13/h8,13H,2-6H2,1H3/t8-/m0/s1. The molecule has 5 heteroatoms. The van der Waals surface area contributed by atoms with E-state index in [1.54, 1.807) is 0 Å². The van der Waals surface area contributed by atoms with Gasteiger partial charge >= 0.3 is 0 Å². The highest BCUT2D eigenvalue weighted by Crippen LogP contribution is 2.29. The smallest absolute Gasteiger partial charge is 0.243 e. The van der Waals surface area contributed by atoms with Gasteiger partial charge in [-0.3, -0.25) is 4.90 Å². The Morgan fingerprint density at radius 2 is 2.50 bits per heavy atom. The molecule has 1 N–H and O–H groups in total. The zero-order valence-corrected chi connectivity index (χ0v) is 8.31. The number of aromatic nitrogens is 2. The number of β-amino-alcohol motifs (C(OH)–C–C–N with tert-alkyl or cyclic N) is 1. The molecule has 1 aliphatic rings. The molecule has 2 heterocycles. The quantitative estimate of drug-likeness (QED) is 0.764. The van der Waals surface area contributed by atoms with Gasteiger partial charge in [0, 0.05) is 6.54 Å². The van der Waals surface area contributed by atoms with Crippen LogP contribution in [0.4, 0.5) is 0 Å². The van der Waals surface area contributed by atoms with Crippen LogP contribution in [-0.4, -0.2) is 39.8 Å². The van der Waals surface area contributed by atoms with Crippen molar-refractivity contribution in [2.45, 2.75) is 25.8 Å². The maximum atomic E-state index is 8.89. The topological polar surface area (TPSA) is 62.4 Å². The van der Waals surface area contributed by atoms with Gasteiger partial charge in [-0.15, -0.1) is 0 Å². The number of nitrogens with zero attached hydrogens (tertiary/aromatic N) is 3. The van der Waals surface area contributed by atoms with Crippen molar-refractivity contribution in [3.8, 4) is 0 Å². The van der Waals surface area contributed by atoms with Gasteiger partial charge in [-0.1, -0.05) is 5.16 Å². The van der Waals surface area contributed by atoms with Crippen LogP contribution in [0, 0.1) is 6.92 Å². The summed E-state index contributed by atoms with van der Waals surface area (Å²) in [5.41, 5.74) is 0. The molecule has 1 aromatic heterocycles. The lowest BCUT2D eigenvalue weighted by molar-refractivity contribution is 0.163. The Kier molecular flexibility index (Phi) is 2.79. The zero-order valence-electron chi connectivity index (χ0n) is 8.31. The Hall–Kier alpha value is -0.940. The van der Waals surface area contributed by atoms with Crippen molar-refractivity contribution < 1.29 is 9.63 Å². The third kappa shape index (κ3) is 1.78. The highest BCUT2D eigenvalue weighted by Gasteiger charge is 2.29. The van der Waals surface area contributed by atoms with E-state index in [1.807, 2.05) is 6.92 Å². The fourth-order valence-electron chi connectivity index (χ4n) is 1.95. The Balaban J connectivity index is 2.09. The molecule has 1 aromatic rings. The average Bonchev–Trinajstić information content (AvgIpc) is 2.74. The number of hydrogen-bond donors (Lipinski definition) is 1. The molecule has 5 nitrogen and oxygen atoms in total. The molecule has 1 atom stereocenters. The van der Waals surface area contributed by atoms with Crippen molar-refractivity contribution in [3.63, 3.8) is 0 Å². The van der Waals surface area contributed by atoms with Crippen molar-refractivity contribution in [1.29, 1.82) is 0 Å². The van der Waals surface area contributed by atoms with Gasteiger partial charge in [-0.05, 0) is 26.3 Å². The maximum Gasteiger partial charge on any atom is 0.243 e. The molecule has 0 aromatic carbocycles. The van der Waals surface area contributed by atoms with E-state index in [-0.39, 0.29) is 12.6 Å². The molecule has 1 aliphatic heterocycles. The van der Waals surface area contributed by atoms with Crippen LogP contribution in [0.5, 0.6) is 0 Å². The Morgan fingerprint density at radius 3 is 3.14 bits per heavy atom. The van der Waals surface area contributed by atoms with Crippen molar-refractivity contribution in [3.05, 3.63) is 11.7 Å². The van der Waals surface area contributed by atoms with Crippen molar-refractivity contribution in [2.24, 2.45) is 0 Å². The van der Waals surface area contributed by atoms with E-state index in [4.69, 9.17) is 9.63 Å². The summed E-state index contributed by atoms with van der Waals surface area (Å²) in [5, 5.41) is 12.7. The maximum absolute atomic E-state index is 8.89. The largest absolute Gasteiger partial charge is 0.395 e. The number of likely N-dealkylation sites (tertiary alicyclic amines) is 1. The Bertz CT molecular complexity index is 300. The normalized spacial score (nSPS) is 23.1. The number of aryl methyl sites for hydroxylation is 1. The predicted molar refractivity (Wildman–Crippen MR) is 49.7 cm³/mol. The van der Waals surface area contributed by atoms with Gasteiger partial charge in [0.25, 0.3) is 0 Å². The van der Waals surface area contributed by atoms with Gasteiger partial charge in [0.05, 0.1) is 12.6 Å². The minimum atomic E-state index is 0.184. The zero-order chi connectivity index (χ0) is 9.97. The van der Waals surface area contributed by atoms with Crippen molar-refractivity contribution >= 4 is 0 Å². The molecule has 0 radical (unpaired) electrons. The molecule has 14 heavy (non-hydrogen) atoms. The van der Waals surface area contributed by atoms with Crippen LogP contribution >= 0.6 is 0 Å². The first-order valence-electron chi connectivity index (χ1n) is 4.96. The van der Waals surface area contributed by atoms with Crippen LogP contribution in [0.2, 0.25) is 0 Å². The van der Waals surface area contributed by atoms with Gasteiger partial charge in [0.15, 0.2) is 5.82 Å². The van der Waals surface area contributed by atoms with Crippen LogP contribution in [0.25, 0.3) is 0 Å². The van der Waals surface area contributed by atoms with E-state index in [0.29, 0.717) is 18.3 Å². The van der Waals surface area contributed by atoms with Crippen LogP contribution in [0.1, 0.15) is 30.6 Å². The fraction of sp³-hybridized carbons (Fsp3) is 0.778. The summed E-state index contributed by atoms with van der Waals surface area (Å²) in [6.45, 7) is 3.70. The monoisotopic (exact) mass is 197 g/mol. The molecule has 0 bridgehead atoms. The van der Waals surface area contributed by atoms with Crippen molar-refractivity contribution in [1.82, 2.24) is 15.0 Å². The number of hydrogen-bond acceptors (Lipinski definition) is 5. The van der Waals surface area contributed by atoms with E-state index in [1.165, 1.54) is 0 Å². The van der Waals surface area contributed by atoms with E-state index < -0.39 is 0 Å². The van der Waals surface area contributed by atoms with E-state index in [2.05, 4.69) is 15.0 Å². The summed E-state index contributed by atoms with van der Waals surface area (Å²) in [6, 6.07) is 0.211. The van der Waals surface area contributed by atoms with Crippen molar-refractivity contribution in [2.75, 3.05) is 19.7 Å². The lowest BCUT2D eigenvalue weighted by Crippen LogP contribution is -2.26. The minimum absolute atomic E-state index is 0.184. The molecule has 1 fully saturated rings. The molecule has 0 aliphatic carbocycles. The first-order chi connectivity index (χ1) is 6.81. The summed E-state index contributed by atoms with van der Waals surface area (Å²) >= 11 is 0. The third-order valence-electron chi connectivity index (χ3n) is 2.58. The molecule has 0 saturated carbocycles. The summed E-state index contributed by atoms with van der Waals surface area (Å²) in [6.07, 6.45) is 2.17. The lowest BCUT2D eigenvalue weighted by Gasteiger charge is -2.19. The number of rotatable bonds is 3. The Morgan fingerprint density at radius 1 is 1.64 bits per heavy atom. The van der Waals surface area contributed by atoms with Gasteiger partial charge in [-0.2, -0.15) is 4.98 Å². The molecular formula is C9H15N3O2. The molecule has 0 unspecified atom stereocenters. The van der Waals surface area contributed by atoms with E-state index in [0.717, 1.165) is 19.4 Å². The van der Waals surface area contributed by atoms with Crippen LogP contribution in [0.15, 0.2) is 4.52 Å². The second-order valence-electron chi connectivity index (χ2n) is 3.60. The van der Waals surface area contributed by atoms with E-state index in [9.17, 15) is 0 Å². The average molecular weight is 197 g/mol. The van der Waals surface area contributed by atoms with Crippen LogP contribution < -0.4 is 0 Å². The third-order valence-corrected chi connectivity index (χ3v) is 2.58. The lowest BCUT2D eigenvalue weighted by atomic mass is 10.2. The summed E-state index contributed by atoms with van der Waals surface area (Å²) < 4.78 is 5.14. The van der Waals surface area contributed by atoms with Gasteiger partial charge < -0.3 is 9.63 Å². The summed E-state index contributed by atoms with van der Waals surface area (Å²) in [7, 11) is 0.